The second-order valence-electron chi connectivity index (χ2n) is 8.41. The summed E-state index contributed by atoms with van der Waals surface area (Å²) in [5, 5.41) is 6.04. The lowest BCUT2D eigenvalue weighted by Gasteiger charge is -2.24. The van der Waals surface area contributed by atoms with Gasteiger partial charge in [-0.1, -0.05) is 48.6 Å². The normalized spacial score (nSPS) is 18.1. The van der Waals surface area contributed by atoms with Crippen LogP contribution in [0, 0.1) is 0 Å². The van der Waals surface area contributed by atoms with Crippen molar-refractivity contribution in [1.29, 1.82) is 0 Å². The number of rotatable bonds is 6. The van der Waals surface area contributed by atoms with Crippen molar-refractivity contribution in [3.63, 3.8) is 0 Å². The quantitative estimate of drug-likeness (QED) is 0.690. The highest BCUT2D eigenvalue weighted by atomic mass is 16.2. The monoisotopic (exact) mass is 400 g/mol. The topological polar surface area (TPSA) is 58.2 Å². The number of hydrogen-bond donors (Lipinski definition) is 2. The third kappa shape index (κ3) is 4.54. The van der Waals surface area contributed by atoms with Gasteiger partial charge in [0.1, 0.15) is 0 Å². The number of carbonyl (C=O) groups is 2. The van der Waals surface area contributed by atoms with Crippen LogP contribution < -0.4 is 10.6 Å². The Bertz CT molecular complexity index is 1020. The standard InChI is InChI=1S/C26H28N2O2/c1-17(2)27-25(29)23-12-5-3-10-21(23)22-11-4-6-13-24(22)26(30)28-20-9-7-8-19(16-20)18-14-15-18/h3-10,12-13,16-18,22H,11,14-15H2,1-2H3,(H,27,29)(H,28,30). The van der Waals surface area contributed by atoms with Crippen molar-refractivity contribution >= 4 is 17.5 Å². The highest BCUT2D eigenvalue weighted by Crippen LogP contribution is 2.41. The summed E-state index contributed by atoms with van der Waals surface area (Å²) in [5.41, 5.74) is 4.30. The first-order valence-electron chi connectivity index (χ1n) is 10.7. The predicted octanol–water partition coefficient (Wildman–Crippen LogP) is 5.31. The second-order valence-corrected chi connectivity index (χ2v) is 8.41. The maximum atomic E-state index is 13.2. The van der Waals surface area contributed by atoms with E-state index in [-0.39, 0.29) is 23.8 Å². The lowest BCUT2D eigenvalue weighted by atomic mass is 9.82. The molecule has 1 unspecified atom stereocenters. The van der Waals surface area contributed by atoms with Crippen molar-refractivity contribution in [2.24, 2.45) is 0 Å². The molecule has 0 spiro atoms. The van der Waals surface area contributed by atoms with Crippen LogP contribution in [0.1, 0.15) is 66.4 Å². The smallest absolute Gasteiger partial charge is 0.252 e. The number of nitrogens with one attached hydrogen (secondary N) is 2. The molecule has 4 heteroatoms. The van der Waals surface area contributed by atoms with Gasteiger partial charge in [0.25, 0.3) is 11.8 Å². The number of anilines is 1. The predicted molar refractivity (Wildman–Crippen MR) is 121 cm³/mol. The highest BCUT2D eigenvalue weighted by Gasteiger charge is 2.28. The Labute approximate surface area is 178 Å². The summed E-state index contributed by atoms with van der Waals surface area (Å²) < 4.78 is 0. The molecule has 1 saturated carbocycles. The zero-order valence-corrected chi connectivity index (χ0v) is 17.5. The molecule has 0 saturated heterocycles. The molecule has 2 aromatic carbocycles. The fraction of sp³-hybridized carbons (Fsp3) is 0.308. The number of carbonyl (C=O) groups excluding carboxylic acids is 2. The summed E-state index contributed by atoms with van der Waals surface area (Å²) >= 11 is 0. The minimum atomic E-state index is -0.157. The maximum Gasteiger partial charge on any atom is 0.252 e. The van der Waals surface area contributed by atoms with Crippen LogP contribution in [0.15, 0.2) is 72.3 Å². The number of amides is 2. The Morgan fingerprint density at radius 2 is 1.80 bits per heavy atom. The zero-order valence-electron chi connectivity index (χ0n) is 17.5. The Balaban J connectivity index is 1.58. The molecule has 4 rings (SSSR count). The zero-order chi connectivity index (χ0) is 21.1. The van der Waals surface area contributed by atoms with Crippen LogP contribution in [0.5, 0.6) is 0 Å². The minimum Gasteiger partial charge on any atom is -0.350 e. The molecule has 1 fully saturated rings. The van der Waals surface area contributed by atoms with E-state index >= 15 is 0 Å². The van der Waals surface area contributed by atoms with Crippen LogP contribution in [0.25, 0.3) is 0 Å². The number of allylic oxidation sites excluding steroid dienone is 3. The van der Waals surface area contributed by atoms with E-state index in [2.05, 4.69) is 22.8 Å². The van der Waals surface area contributed by atoms with Crippen LogP contribution in [-0.2, 0) is 4.79 Å². The summed E-state index contributed by atoms with van der Waals surface area (Å²) in [6.07, 6.45) is 8.98. The Morgan fingerprint density at radius 1 is 1.00 bits per heavy atom. The van der Waals surface area contributed by atoms with Crippen molar-refractivity contribution in [2.75, 3.05) is 5.32 Å². The first-order valence-corrected chi connectivity index (χ1v) is 10.7. The molecule has 2 aromatic rings. The van der Waals surface area contributed by atoms with E-state index in [0.29, 0.717) is 23.5 Å². The van der Waals surface area contributed by atoms with Crippen LogP contribution in [0.4, 0.5) is 5.69 Å². The van der Waals surface area contributed by atoms with Crippen molar-refractivity contribution in [2.45, 2.75) is 51.0 Å². The fourth-order valence-electron chi connectivity index (χ4n) is 4.00. The fourth-order valence-corrected chi connectivity index (χ4v) is 4.00. The molecular formula is C26H28N2O2. The molecule has 1 atom stereocenters. The lowest BCUT2D eigenvalue weighted by Crippen LogP contribution is -2.31. The Morgan fingerprint density at radius 3 is 2.57 bits per heavy atom. The third-order valence-electron chi connectivity index (χ3n) is 5.62. The van der Waals surface area contributed by atoms with E-state index < -0.39 is 0 Å². The molecule has 0 bridgehead atoms. The molecule has 4 nitrogen and oxygen atoms in total. The minimum absolute atomic E-state index is 0.0499. The molecule has 0 radical (unpaired) electrons. The van der Waals surface area contributed by atoms with Crippen molar-refractivity contribution in [3.05, 3.63) is 89.0 Å². The summed E-state index contributed by atoms with van der Waals surface area (Å²) in [7, 11) is 0. The van der Waals surface area contributed by atoms with Gasteiger partial charge in [-0.05, 0) is 68.4 Å². The number of hydrogen-bond acceptors (Lipinski definition) is 2. The van der Waals surface area contributed by atoms with E-state index in [1.165, 1.54) is 18.4 Å². The molecule has 0 heterocycles. The first-order chi connectivity index (χ1) is 14.5. The summed E-state index contributed by atoms with van der Waals surface area (Å²) in [4.78, 5) is 25.9. The van der Waals surface area contributed by atoms with Crippen molar-refractivity contribution < 1.29 is 9.59 Å². The molecule has 30 heavy (non-hydrogen) atoms. The van der Waals surface area contributed by atoms with E-state index in [9.17, 15) is 9.59 Å². The van der Waals surface area contributed by atoms with E-state index in [4.69, 9.17) is 0 Å². The molecule has 2 amide bonds. The Kier molecular flexibility index (Phi) is 5.84. The molecule has 154 valence electrons. The van der Waals surface area contributed by atoms with Crippen molar-refractivity contribution in [1.82, 2.24) is 5.32 Å². The third-order valence-corrected chi connectivity index (χ3v) is 5.62. The number of benzene rings is 2. The van der Waals surface area contributed by atoms with Crippen LogP contribution in [0.2, 0.25) is 0 Å². The average Bonchev–Trinajstić information content (AvgIpc) is 3.59. The van der Waals surface area contributed by atoms with Gasteiger partial charge in [-0.2, -0.15) is 0 Å². The van der Waals surface area contributed by atoms with Crippen LogP contribution in [-0.4, -0.2) is 17.9 Å². The molecule has 2 N–H and O–H groups in total. The molecule has 2 aliphatic rings. The maximum absolute atomic E-state index is 13.2. The van der Waals surface area contributed by atoms with Gasteiger partial charge < -0.3 is 10.6 Å². The molecule has 0 aliphatic heterocycles. The van der Waals surface area contributed by atoms with E-state index in [1.54, 1.807) is 0 Å². The second kappa shape index (κ2) is 8.70. The van der Waals surface area contributed by atoms with Gasteiger partial charge >= 0.3 is 0 Å². The van der Waals surface area contributed by atoms with Gasteiger partial charge in [0.15, 0.2) is 0 Å². The van der Waals surface area contributed by atoms with Crippen LogP contribution in [0.3, 0.4) is 0 Å². The van der Waals surface area contributed by atoms with E-state index in [1.807, 2.05) is 68.5 Å². The van der Waals surface area contributed by atoms with Gasteiger partial charge in [-0.25, -0.2) is 0 Å². The summed E-state index contributed by atoms with van der Waals surface area (Å²) in [6, 6.07) is 15.8. The highest BCUT2D eigenvalue weighted by molar-refractivity contribution is 6.06. The molecule has 2 aliphatic carbocycles. The SMILES string of the molecule is CC(C)NC(=O)c1ccccc1C1CC=CC=C1C(=O)Nc1cccc(C2CC2)c1. The molecule has 0 aromatic heterocycles. The van der Waals surface area contributed by atoms with Gasteiger partial charge in [0, 0.05) is 28.8 Å². The van der Waals surface area contributed by atoms with E-state index in [0.717, 1.165) is 11.3 Å². The summed E-state index contributed by atoms with van der Waals surface area (Å²) in [6.45, 7) is 3.89. The Hall–Kier alpha value is -3.14. The van der Waals surface area contributed by atoms with Gasteiger partial charge in [-0.15, -0.1) is 0 Å². The van der Waals surface area contributed by atoms with Gasteiger partial charge in [0.2, 0.25) is 0 Å². The van der Waals surface area contributed by atoms with Gasteiger partial charge in [-0.3, -0.25) is 9.59 Å². The van der Waals surface area contributed by atoms with Crippen molar-refractivity contribution in [3.8, 4) is 0 Å². The van der Waals surface area contributed by atoms with Gasteiger partial charge in [0.05, 0.1) is 0 Å². The average molecular weight is 401 g/mol. The first kappa shape index (κ1) is 20.1. The summed E-state index contributed by atoms with van der Waals surface area (Å²) in [5.74, 6) is 0.261. The lowest BCUT2D eigenvalue weighted by molar-refractivity contribution is -0.113. The molecular weight excluding hydrogens is 372 g/mol. The van der Waals surface area contributed by atoms with Crippen LogP contribution >= 0.6 is 0 Å². The largest absolute Gasteiger partial charge is 0.350 e.